The minimum Gasteiger partial charge on any atom is -0.457 e. The summed E-state index contributed by atoms with van der Waals surface area (Å²) in [7, 11) is -3.95. The van der Waals surface area contributed by atoms with E-state index in [1.807, 2.05) is 0 Å². The zero-order valence-electron chi connectivity index (χ0n) is 15.8. The summed E-state index contributed by atoms with van der Waals surface area (Å²) >= 11 is 0. The second kappa shape index (κ2) is 8.31. The lowest BCUT2D eigenvalue weighted by atomic mass is 9.90. The lowest BCUT2D eigenvalue weighted by Gasteiger charge is -2.35. The molecule has 2 aliphatic rings. The number of amides is 1. The van der Waals surface area contributed by atoms with Crippen LogP contribution >= 0.6 is 0 Å². The van der Waals surface area contributed by atoms with E-state index in [1.165, 1.54) is 48.5 Å². The van der Waals surface area contributed by atoms with Crippen LogP contribution in [0.25, 0.3) is 0 Å². The third-order valence-corrected chi connectivity index (χ3v) is 6.89. The number of carbonyl (C=O) groups is 1. The van der Waals surface area contributed by atoms with Gasteiger partial charge in [-0.1, -0.05) is 0 Å². The number of hydrogen-bond acceptors (Lipinski definition) is 6. The summed E-state index contributed by atoms with van der Waals surface area (Å²) in [4.78, 5) is 12.1. The largest absolute Gasteiger partial charge is 0.457 e. The van der Waals surface area contributed by atoms with Gasteiger partial charge in [0.1, 0.15) is 17.3 Å². The molecule has 0 aliphatic carbocycles. The summed E-state index contributed by atoms with van der Waals surface area (Å²) in [6.07, 6.45) is 1.17. The molecule has 4 atom stereocenters. The average molecular weight is 436 g/mol. The Kier molecular flexibility index (Phi) is 5.74. The van der Waals surface area contributed by atoms with E-state index in [0.29, 0.717) is 24.3 Å². The van der Waals surface area contributed by atoms with Gasteiger partial charge in [-0.25, -0.2) is 23.0 Å². The number of nitrogens with one attached hydrogen (secondary N) is 2. The number of benzene rings is 2. The monoisotopic (exact) mass is 436 g/mol. The van der Waals surface area contributed by atoms with E-state index in [0.717, 1.165) is 6.42 Å². The summed E-state index contributed by atoms with van der Waals surface area (Å²) < 4.78 is 52.7. The molecule has 2 aliphatic heterocycles. The molecule has 2 fully saturated rings. The SMILES string of the molecule is O=C(NO)C1CC2CCC(O2)C1NS(=O)(=O)c1ccc(Oc2ccc(F)cc2)cc1. The summed E-state index contributed by atoms with van der Waals surface area (Å²) in [5, 5.41) is 9.03. The van der Waals surface area contributed by atoms with Crippen LogP contribution in [0.15, 0.2) is 53.4 Å². The highest BCUT2D eigenvalue weighted by molar-refractivity contribution is 7.89. The Bertz CT molecular complexity index is 1010. The molecule has 2 aromatic rings. The molecule has 0 spiro atoms. The van der Waals surface area contributed by atoms with Crippen molar-refractivity contribution in [1.29, 1.82) is 0 Å². The molecule has 2 heterocycles. The number of carbonyl (C=O) groups excluding carboxylic acids is 1. The number of ether oxygens (including phenoxy) is 2. The fraction of sp³-hybridized carbons (Fsp3) is 0.350. The summed E-state index contributed by atoms with van der Waals surface area (Å²) in [6, 6.07) is 10.4. The summed E-state index contributed by atoms with van der Waals surface area (Å²) in [5.74, 6) is -0.942. The van der Waals surface area contributed by atoms with E-state index < -0.39 is 34.0 Å². The molecule has 2 aromatic carbocycles. The molecule has 4 unspecified atom stereocenters. The van der Waals surface area contributed by atoms with E-state index in [9.17, 15) is 17.6 Å². The fourth-order valence-corrected chi connectivity index (χ4v) is 5.25. The van der Waals surface area contributed by atoms with Gasteiger partial charge in [-0.15, -0.1) is 0 Å². The van der Waals surface area contributed by atoms with Crippen LogP contribution in [-0.4, -0.2) is 37.8 Å². The van der Waals surface area contributed by atoms with Crippen molar-refractivity contribution in [3.63, 3.8) is 0 Å². The van der Waals surface area contributed by atoms with Crippen LogP contribution in [0.2, 0.25) is 0 Å². The molecule has 10 heteroatoms. The first kappa shape index (κ1) is 20.7. The van der Waals surface area contributed by atoms with Gasteiger partial charge in [0.05, 0.1) is 29.1 Å². The van der Waals surface area contributed by atoms with Crippen LogP contribution in [-0.2, 0) is 19.6 Å². The van der Waals surface area contributed by atoms with Crippen LogP contribution in [0, 0.1) is 11.7 Å². The number of fused-ring (bicyclic) bond motifs is 2. The predicted octanol–water partition coefficient (Wildman–Crippen LogP) is 2.34. The molecule has 4 rings (SSSR count). The highest BCUT2D eigenvalue weighted by atomic mass is 32.2. The Morgan fingerprint density at radius 3 is 2.33 bits per heavy atom. The average Bonchev–Trinajstić information content (AvgIpc) is 3.14. The first-order chi connectivity index (χ1) is 14.4. The van der Waals surface area contributed by atoms with Gasteiger partial charge in [-0.2, -0.15) is 0 Å². The second-order valence-corrected chi connectivity index (χ2v) is 9.08. The lowest BCUT2D eigenvalue weighted by Crippen LogP contribution is -2.55. The molecule has 2 saturated heterocycles. The maximum Gasteiger partial charge on any atom is 0.248 e. The third-order valence-electron chi connectivity index (χ3n) is 5.41. The maximum atomic E-state index is 13.0. The minimum absolute atomic E-state index is 0.00256. The lowest BCUT2D eigenvalue weighted by molar-refractivity contribution is -0.141. The highest BCUT2D eigenvalue weighted by Crippen LogP contribution is 2.37. The first-order valence-electron chi connectivity index (χ1n) is 9.51. The number of sulfonamides is 1. The molecule has 0 aromatic heterocycles. The van der Waals surface area contributed by atoms with Gasteiger partial charge in [0.15, 0.2) is 0 Å². The Morgan fingerprint density at radius 2 is 1.70 bits per heavy atom. The van der Waals surface area contributed by atoms with E-state index >= 15 is 0 Å². The number of hydroxylamine groups is 1. The van der Waals surface area contributed by atoms with Gasteiger partial charge in [0.25, 0.3) is 0 Å². The van der Waals surface area contributed by atoms with Gasteiger partial charge in [-0.05, 0) is 67.8 Å². The van der Waals surface area contributed by atoms with Crippen LogP contribution < -0.4 is 14.9 Å². The Balaban J connectivity index is 1.49. The predicted molar refractivity (Wildman–Crippen MR) is 103 cm³/mol. The molecule has 3 N–H and O–H groups in total. The van der Waals surface area contributed by atoms with E-state index in [4.69, 9.17) is 14.7 Å². The van der Waals surface area contributed by atoms with E-state index in [1.54, 1.807) is 5.48 Å². The zero-order chi connectivity index (χ0) is 21.3. The molecular weight excluding hydrogens is 415 g/mol. The first-order valence-corrected chi connectivity index (χ1v) is 11.0. The van der Waals surface area contributed by atoms with Crippen LogP contribution in [0.1, 0.15) is 19.3 Å². The van der Waals surface area contributed by atoms with Crippen molar-refractivity contribution in [1.82, 2.24) is 10.2 Å². The van der Waals surface area contributed by atoms with Gasteiger partial charge in [0.2, 0.25) is 15.9 Å². The van der Waals surface area contributed by atoms with Crippen molar-refractivity contribution in [3.8, 4) is 11.5 Å². The van der Waals surface area contributed by atoms with Gasteiger partial charge < -0.3 is 9.47 Å². The molecule has 8 nitrogen and oxygen atoms in total. The number of rotatable bonds is 6. The zero-order valence-corrected chi connectivity index (χ0v) is 16.6. The van der Waals surface area contributed by atoms with Gasteiger partial charge in [0, 0.05) is 0 Å². The van der Waals surface area contributed by atoms with Crippen molar-refractivity contribution >= 4 is 15.9 Å². The smallest absolute Gasteiger partial charge is 0.248 e. The van der Waals surface area contributed by atoms with Crippen LogP contribution in [0.5, 0.6) is 11.5 Å². The normalized spacial score (nSPS) is 25.7. The van der Waals surface area contributed by atoms with Gasteiger partial charge in [-0.3, -0.25) is 10.0 Å². The van der Waals surface area contributed by atoms with Crippen molar-refractivity contribution in [3.05, 3.63) is 54.3 Å². The molecule has 1 amide bonds. The highest BCUT2D eigenvalue weighted by Gasteiger charge is 2.47. The molecule has 0 radical (unpaired) electrons. The summed E-state index contributed by atoms with van der Waals surface area (Å²) in [6.45, 7) is 0. The van der Waals surface area contributed by atoms with Crippen molar-refractivity contribution in [2.45, 2.75) is 42.4 Å². The van der Waals surface area contributed by atoms with Crippen molar-refractivity contribution in [2.75, 3.05) is 0 Å². The Labute approximate surface area is 173 Å². The molecule has 160 valence electrons. The minimum atomic E-state index is -3.95. The number of hydrogen-bond donors (Lipinski definition) is 3. The quantitative estimate of drug-likeness (QED) is 0.473. The summed E-state index contributed by atoms with van der Waals surface area (Å²) in [5.41, 5.74) is 1.62. The maximum absolute atomic E-state index is 13.0. The van der Waals surface area contributed by atoms with E-state index in [-0.39, 0.29) is 16.8 Å². The molecular formula is C20H21FN2O6S. The standard InChI is InChI=1S/C20H21FN2O6S/c21-12-1-3-13(4-2-12)28-14-5-8-16(9-6-14)30(26,27)23-19-17(20(24)22-25)11-15-7-10-18(19)29-15/h1-6,8-9,15,17-19,23,25H,7,10-11H2,(H,22,24). The van der Waals surface area contributed by atoms with E-state index in [2.05, 4.69) is 4.72 Å². The van der Waals surface area contributed by atoms with Gasteiger partial charge >= 0.3 is 0 Å². The molecule has 30 heavy (non-hydrogen) atoms. The number of halogens is 1. The van der Waals surface area contributed by atoms with Crippen LogP contribution in [0.3, 0.4) is 0 Å². The third kappa shape index (κ3) is 4.31. The Hall–Kier alpha value is -2.53. The van der Waals surface area contributed by atoms with Crippen molar-refractivity contribution < 1.29 is 32.3 Å². The topological polar surface area (TPSA) is 114 Å². The Morgan fingerprint density at radius 1 is 1.07 bits per heavy atom. The van der Waals surface area contributed by atoms with Crippen molar-refractivity contribution in [2.24, 2.45) is 5.92 Å². The second-order valence-electron chi connectivity index (χ2n) is 7.37. The van der Waals surface area contributed by atoms with Crippen LogP contribution in [0.4, 0.5) is 4.39 Å². The fourth-order valence-electron chi connectivity index (χ4n) is 3.94. The molecule has 0 saturated carbocycles. The molecule has 2 bridgehead atoms.